The highest BCUT2D eigenvalue weighted by atomic mass is 16.5. The maximum absolute atomic E-state index is 12.5. The summed E-state index contributed by atoms with van der Waals surface area (Å²) in [6.07, 6.45) is 1.58. The minimum Gasteiger partial charge on any atom is -0.359 e. The molecule has 0 saturated carbocycles. The van der Waals surface area contributed by atoms with Crippen molar-refractivity contribution < 1.29 is 14.3 Å². The number of carbonyl (C=O) groups is 2. The predicted octanol–water partition coefficient (Wildman–Crippen LogP) is 0.644. The van der Waals surface area contributed by atoms with Crippen molar-refractivity contribution in [3.05, 3.63) is 47.8 Å². The molecule has 3 heterocycles. The van der Waals surface area contributed by atoms with Crippen molar-refractivity contribution in [3.63, 3.8) is 0 Å². The normalized spacial score (nSPS) is 17.0. The second kappa shape index (κ2) is 5.51. The Kier molecular flexibility index (Phi) is 3.34. The molecule has 1 fully saturated rings. The summed E-state index contributed by atoms with van der Waals surface area (Å²) in [5.41, 5.74) is 2.30. The quantitative estimate of drug-likeness (QED) is 0.834. The lowest BCUT2D eigenvalue weighted by atomic mass is 10.2. The van der Waals surface area contributed by atoms with Gasteiger partial charge in [0, 0.05) is 6.54 Å². The van der Waals surface area contributed by atoms with Gasteiger partial charge >= 0.3 is 0 Å². The zero-order chi connectivity index (χ0) is 15.8. The number of fused-ring (bicyclic) bond motifs is 1. The van der Waals surface area contributed by atoms with Crippen LogP contribution in [-0.2, 0) is 16.1 Å². The smallest absolute Gasteiger partial charge is 0.258 e. The van der Waals surface area contributed by atoms with Crippen LogP contribution in [0.15, 0.2) is 36.5 Å². The minimum absolute atomic E-state index is 0.0751. The summed E-state index contributed by atoms with van der Waals surface area (Å²) in [6.45, 7) is 1.93. The van der Waals surface area contributed by atoms with E-state index in [0.29, 0.717) is 32.0 Å². The lowest BCUT2D eigenvalue weighted by Crippen LogP contribution is -2.39. The van der Waals surface area contributed by atoms with Crippen molar-refractivity contribution >= 4 is 11.8 Å². The van der Waals surface area contributed by atoms with Crippen LogP contribution >= 0.6 is 0 Å². The van der Waals surface area contributed by atoms with E-state index < -0.39 is 0 Å². The van der Waals surface area contributed by atoms with Gasteiger partial charge in [0.1, 0.15) is 13.3 Å². The van der Waals surface area contributed by atoms with Gasteiger partial charge in [0.05, 0.1) is 36.3 Å². The molecular weight excluding hydrogens is 296 g/mol. The third-order valence-corrected chi connectivity index (χ3v) is 4.16. The number of hydrogen-bond donors (Lipinski definition) is 0. The number of hydrogen-bond acceptors (Lipinski definition) is 4. The molecule has 1 saturated heterocycles. The fourth-order valence-electron chi connectivity index (χ4n) is 2.92. The van der Waals surface area contributed by atoms with Gasteiger partial charge in [-0.15, -0.1) is 0 Å². The molecule has 23 heavy (non-hydrogen) atoms. The Bertz CT molecular complexity index is 750. The van der Waals surface area contributed by atoms with E-state index in [0.717, 1.165) is 11.4 Å². The summed E-state index contributed by atoms with van der Waals surface area (Å²) in [4.78, 5) is 27.9. The third-order valence-electron chi connectivity index (χ3n) is 4.16. The molecule has 1 aromatic carbocycles. The molecule has 0 N–H and O–H groups in total. The number of nitrogens with zero attached hydrogens (tertiary/aromatic N) is 4. The van der Waals surface area contributed by atoms with Crippen LogP contribution in [0.4, 0.5) is 0 Å². The minimum atomic E-state index is -0.143. The molecule has 2 amide bonds. The van der Waals surface area contributed by atoms with Crippen molar-refractivity contribution in [2.45, 2.75) is 6.54 Å². The van der Waals surface area contributed by atoms with Crippen LogP contribution in [0, 0.1) is 0 Å². The summed E-state index contributed by atoms with van der Waals surface area (Å²) in [7, 11) is 0. The number of aromatic nitrogens is 2. The first kappa shape index (κ1) is 14.0. The molecule has 2 aromatic rings. The molecule has 0 bridgehead atoms. The van der Waals surface area contributed by atoms with Gasteiger partial charge in [-0.05, 0) is 12.1 Å². The second-order valence-electron chi connectivity index (χ2n) is 5.61. The molecule has 1 aromatic heterocycles. The first-order chi connectivity index (χ1) is 11.2. The van der Waals surface area contributed by atoms with Crippen LogP contribution in [0.5, 0.6) is 0 Å². The Hall–Kier alpha value is -2.67. The zero-order valence-electron chi connectivity index (χ0n) is 12.5. The number of carbonyl (C=O) groups excluding carboxylic acids is 2. The van der Waals surface area contributed by atoms with Crippen LogP contribution in [0.1, 0.15) is 16.1 Å². The summed E-state index contributed by atoms with van der Waals surface area (Å²) >= 11 is 0. The maximum Gasteiger partial charge on any atom is 0.258 e. The number of amides is 2. The van der Waals surface area contributed by atoms with E-state index >= 15 is 0 Å². The van der Waals surface area contributed by atoms with Crippen molar-refractivity contribution in [2.24, 2.45) is 0 Å². The highest BCUT2D eigenvalue weighted by Gasteiger charge is 2.34. The largest absolute Gasteiger partial charge is 0.359 e. The van der Waals surface area contributed by atoms with Gasteiger partial charge in [0.15, 0.2) is 0 Å². The van der Waals surface area contributed by atoms with Gasteiger partial charge in [-0.25, -0.2) is 4.68 Å². The van der Waals surface area contributed by atoms with Gasteiger partial charge < -0.3 is 14.5 Å². The summed E-state index contributed by atoms with van der Waals surface area (Å²) < 4.78 is 6.94. The molecule has 0 atom stereocenters. The molecule has 2 aliphatic heterocycles. The first-order valence-corrected chi connectivity index (χ1v) is 7.51. The molecular formula is C16H16N4O3. The lowest BCUT2D eigenvalue weighted by molar-refractivity contribution is -0.132. The maximum atomic E-state index is 12.5. The Balaban J connectivity index is 1.54. The van der Waals surface area contributed by atoms with E-state index in [-0.39, 0.29) is 18.4 Å². The number of para-hydroxylation sites is 1. The molecule has 0 unspecified atom stereocenters. The van der Waals surface area contributed by atoms with Crippen LogP contribution < -0.4 is 0 Å². The Morgan fingerprint density at radius 2 is 2.09 bits per heavy atom. The first-order valence-electron chi connectivity index (χ1n) is 7.51. The van der Waals surface area contributed by atoms with Crippen molar-refractivity contribution in [3.8, 4) is 5.69 Å². The van der Waals surface area contributed by atoms with E-state index in [2.05, 4.69) is 5.10 Å². The number of rotatable bonds is 3. The fourth-order valence-corrected chi connectivity index (χ4v) is 2.92. The molecule has 118 valence electrons. The van der Waals surface area contributed by atoms with Gasteiger partial charge in [-0.1, -0.05) is 18.2 Å². The molecule has 0 radical (unpaired) electrons. The average Bonchev–Trinajstić information content (AvgIpc) is 3.28. The van der Waals surface area contributed by atoms with Gasteiger partial charge in [0.2, 0.25) is 5.91 Å². The zero-order valence-corrected chi connectivity index (χ0v) is 12.5. The van der Waals surface area contributed by atoms with Crippen LogP contribution in [0.2, 0.25) is 0 Å². The highest BCUT2D eigenvalue weighted by molar-refractivity contribution is 5.99. The molecule has 7 nitrogen and oxygen atoms in total. The van der Waals surface area contributed by atoms with Crippen LogP contribution in [-0.4, -0.2) is 57.8 Å². The van der Waals surface area contributed by atoms with Crippen molar-refractivity contribution in [1.29, 1.82) is 0 Å². The monoisotopic (exact) mass is 312 g/mol. The Morgan fingerprint density at radius 1 is 1.26 bits per heavy atom. The van der Waals surface area contributed by atoms with E-state index in [1.807, 2.05) is 30.3 Å². The summed E-state index contributed by atoms with van der Waals surface area (Å²) in [5.74, 6) is -0.226. The standard InChI is InChI=1S/C16H16N4O3/c21-15(18-6-7-23-11-18)10-19-9-14-13(16(19)22)8-17-20(14)12-4-2-1-3-5-12/h1-5,8H,6-7,9-11H2. The predicted molar refractivity (Wildman–Crippen MR) is 80.8 cm³/mol. The Labute approximate surface area is 133 Å². The summed E-state index contributed by atoms with van der Waals surface area (Å²) in [6, 6.07) is 9.66. The number of ether oxygens (including phenoxy) is 1. The van der Waals surface area contributed by atoms with E-state index in [1.165, 1.54) is 0 Å². The SMILES string of the molecule is O=C(CN1Cc2c(cnn2-c2ccccc2)C1=O)N1CCOC1. The fraction of sp³-hybridized carbons (Fsp3) is 0.312. The highest BCUT2D eigenvalue weighted by Crippen LogP contribution is 2.25. The summed E-state index contributed by atoms with van der Waals surface area (Å²) in [5, 5.41) is 4.30. The van der Waals surface area contributed by atoms with Crippen LogP contribution in [0.25, 0.3) is 5.69 Å². The van der Waals surface area contributed by atoms with Crippen LogP contribution in [0.3, 0.4) is 0 Å². The average molecular weight is 312 g/mol. The van der Waals surface area contributed by atoms with E-state index in [1.54, 1.807) is 20.7 Å². The molecule has 7 heteroatoms. The topological polar surface area (TPSA) is 67.7 Å². The van der Waals surface area contributed by atoms with Crippen molar-refractivity contribution in [1.82, 2.24) is 19.6 Å². The Morgan fingerprint density at radius 3 is 2.83 bits per heavy atom. The molecule has 4 rings (SSSR count). The van der Waals surface area contributed by atoms with Gasteiger partial charge in [0.25, 0.3) is 5.91 Å². The second-order valence-corrected chi connectivity index (χ2v) is 5.61. The molecule has 0 spiro atoms. The third kappa shape index (κ3) is 2.39. The van der Waals surface area contributed by atoms with Gasteiger partial charge in [-0.3, -0.25) is 9.59 Å². The molecule has 2 aliphatic rings. The van der Waals surface area contributed by atoms with E-state index in [4.69, 9.17) is 4.74 Å². The lowest BCUT2D eigenvalue weighted by Gasteiger charge is -2.20. The van der Waals surface area contributed by atoms with Crippen molar-refractivity contribution in [2.75, 3.05) is 26.4 Å². The van der Waals surface area contributed by atoms with Gasteiger partial charge in [-0.2, -0.15) is 5.10 Å². The molecule has 0 aliphatic carbocycles. The number of benzene rings is 1. The van der Waals surface area contributed by atoms with E-state index in [9.17, 15) is 9.59 Å².